The number of ether oxygens (including phenoxy) is 2. The predicted octanol–water partition coefficient (Wildman–Crippen LogP) is 4.88. The van der Waals surface area contributed by atoms with Gasteiger partial charge < -0.3 is 19.7 Å². The molecular formula is C30H36ClN3O6S. The monoisotopic (exact) mass is 601 g/mol. The standard InChI is InChI=1S/C30H36ClN3O6S/c1-21(29(36)32-30(2,3)4)33(19-22-12-10-11-15-25(22)31)28(35)20-34(41(37,38)24-13-8-7-9-14-24)26-18-23(39-5)16-17-27(26)40-6/h7-18,21H,19-20H2,1-6H3,(H,32,36). The second kappa shape index (κ2) is 13.3. The lowest BCUT2D eigenvalue weighted by Crippen LogP contribution is -2.54. The van der Waals surface area contributed by atoms with Crippen LogP contribution in [0.25, 0.3) is 0 Å². The summed E-state index contributed by atoms with van der Waals surface area (Å²) in [5.74, 6) is -0.429. The number of carbonyl (C=O) groups is 2. The number of benzene rings is 3. The minimum atomic E-state index is -4.27. The molecule has 2 amide bonds. The van der Waals surface area contributed by atoms with E-state index in [1.807, 2.05) is 20.8 Å². The number of anilines is 1. The van der Waals surface area contributed by atoms with E-state index in [0.717, 1.165) is 4.31 Å². The first kappa shape index (κ1) is 31.8. The molecule has 220 valence electrons. The Morgan fingerprint density at radius 2 is 1.59 bits per heavy atom. The first-order valence-electron chi connectivity index (χ1n) is 12.9. The number of carbonyl (C=O) groups excluding carboxylic acids is 2. The van der Waals surface area contributed by atoms with Gasteiger partial charge in [-0.15, -0.1) is 0 Å². The van der Waals surface area contributed by atoms with Gasteiger partial charge in [0.15, 0.2) is 0 Å². The molecule has 1 atom stereocenters. The Labute approximate surface area is 247 Å². The van der Waals surface area contributed by atoms with Gasteiger partial charge in [0.05, 0.1) is 24.8 Å². The topological polar surface area (TPSA) is 105 Å². The van der Waals surface area contributed by atoms with Crippen LogP contribution < -0.4 is 19.1 Å². The molecule has 41 heavy (non-hydrogen) atoms. The van der Waals surface area contributed by atoms with Crippen LogP contribution in [0.1, 0.15) is 33.3 Å². The molecule has 9 nitrogen and oxygen atoms in total. The number of hydrogen-bond acceptors (Lipinski definition) is 6. The summed E-state index contributed by atoms with van der Waals surface area (Å²) in [6, 6.07) is 18.5. The van der Waals surface area contributed by atoms with Crippen molar-refractivity contribution < 1.29 is 27.5 Å². The van der Waals surface area contributed by atoms with Crippen LogP contribution in [0.2, 0.25) is 5.02 Å². The van der Waals surface area contributed by atoms with E-state index in [2.05, 4.69) is 5.32 Å². The van der Waals surface area contributed by atoms with E-state index >= 15 is 0 Å². The van der Waals surface area contributed by atoms with Gasteiger partial charge in [-0.2, -0.15) is 0 Å². The number of methoxy groups -OCH3 is 2. The molecule has 0 spiro atoms. The molecule has 0 aromatic heterocycles. The maximum absolute atomic E-state index is 14.1. The maximum atomic E-state index is 14.1. The van der Waals surface area contributed by atoms with Gasteiger partial charge in [-0.3, -0.25) is 13.9 Å². The number of halogens is 1. The van der Waals surface area contributed by atoms with E-state index in [1.54, 1.807) is 61.5 Å². The van der Waals surface area contributed by atoms with Crippen LogP contribution in [0.5, 0.6) is 11.5 Å². The highest BCUT2D eigenvalue weighted by Gasteiger charge is 2.35. The molecule has 1 unspecified atom stereocenters. The lowest BCUT2D eigenvalue weighted by molar-refractivity contribution is -0.140. The third-order valence-electron chi connectivity index (χ3n) is 6.23. The van der Waals surface area contributed by atoms with Gasteiger partial charge >= 0.3 is 0 Å². The number of nitrogens with zero attached hydrogens (tertiary/aromatic N) is 2. The minimum absolute atomic E-state index is 0.0196. The summed E-state index contributed by atoms with van der Waals surface area (Å²) < 4.78 is 39.8. The molecular weight excluding hydrogens is 566 g/mol. The summed E-state index contributed by atoms with van der Waals surface area (Å²) in [5, 5.41) is 3.31. The molecule has 0 aliphatic carbocycles. The van der Waals surface area contributed by atoms with E-state index in [0.29, 0.717) is 16.3 Å². The summed E-state index contributed by atoms with van der Waals surface area (Å²) in [7, 11) is -1.41. The molecule has 0 aliphatic rings. The van der Waals surface area contributed by atoms with Crippen molar-refractivity contribution in [2.45, 2.75) is 50.7 Å². The quantitative estimate of drug-likeness (QED) is 0.336. The van der Waals surface area contributed by atoms with Crippen LogP contribution in [0, 0.1) is 0 Å². The van der Waals surface area contributed by atoms with Crippen LogP contribution in [-0.4, -0.2) is 57.5 Å². The molecule has 11 heteroatoms. The molecule has 0 heterocycles. The Balaban J connectivity index is 2.13. The van der Waals surface area contributed by atoms with E-state index in [4.69, 9.17) is 21.1 Å². The van der Waals surface area contributed by atoms with Crippen molar-refractivity contribution in [1.29, 1.82) is 0 Å². The molecule has 0 fully saturated rings. The summed E-state index contributed by atoms with van der Waals surface area (Å²) in [6.45, 7) is 6.45. The molecule has 1 N–H and O–H groups in total. The second-order valence-electron chi connectivity index (χ2n) is 10.4. The largest absolute Gasteiger partial charge is 0.497 e. The fourth-order valence-electron chi connectivity index (χ4n) is 4.09. The van der Waals surface area contributed by atoms with Gasteiger partial charge in [-0.25, -0.2) is 8.42 Å². The normalized spacial score (nSPS) is 12.3. The van der Waals surface area contributed by atoms with Crippen molar-refractivity contribution in [3.8, 4) is 11.5 Å². The van der Waals surface area contributed by atoms with Crippen molar-refractivity contribution in [3.63, 3.8) is 0 Å². The first-order chi connectivity index (χ1) is 19.3. The maximum Gasteiger partial charge on any atom is 0.264 e. The van der Waals surface area contributed by atoms with E-state index in [9.17, 15) is 18.0 Å². The van der Waals surface area contributed by atoms with Gasteiger partial charge in [0.2, 0.25) is 11.8 Å². The number of nitrogens with one attached hydrogen (secondary N) is 1. The molecule has 0 radical (unpaired) electrons. The summed E-state index contributed by atoms with van der Waals surface area (Å²) in [4.78, 5) is 28.6. The van der Waals surface area contributed by atoms with Gasteiger partial charge in [-0.1, -0.05) is 48.0 Å². The summed E-state index contributed by atoms with van der Waals surface area (Å²) >= 11 is 6.42. The van der Waals surface area contributed by atoms with Crippen molar-refractivity contribution in [2.75, 3.05) is 25.1 Å². The van der Waals surface area contributed by atoms with Crippen LogP contribution >= 0.6 is 11.6 Å². The smallest absolute Gasteiger partial charge is 0.264 e. The summed E-state index contributed by atoms with van der Waals surface area (Å²) in [6.07, 6.45) is 0. The Morgan fingerprint density at radius 1 is 0.951 bits per heavy atom. The first-order valence-corrected chi connectivity index (χ1v) is 14.7. The van der Waals surface area contributed by atoms with E-state index in [1.165, 1.54) is 37.3 Å². The van der Waals surface area contributed by atoms with Crippen molar-refractivity contribution in [1.82, 2.24) is 10.2 Å². The zero-order valence-electron chi connectivity index (χ0n) is 24.0. The van der Waals surface area contributed by atoms with Crippen LogP contribution in [0.3, 0.4) is 0 Å². The number of amides is 2. The molecule has 0 saturated heterocycles. The number of hydrogen-bond donors (Lipinski definition) is 1. The van der Waals surface area contributed by atoms with Crippen molar-refractivity contribution in [2.24, 2.45) is 0 Å². The SMILES string of the molecule is COc1ccc(OC)c(N(CC(=O)N(Cc2ccccc2Cl)C(C)C(=O)NC(C)(C)C)S(=O)(=O)c2ccccc2)c1. The fraction of sp³-hybridized carbons (Fsp3) is 0.333. The van der Waals surface area contributed by atoms with Crippen LogP contribution in [-0.2, 0) is 26.2 Å². The third-order valence-corrected chi connectivity index (χ3v) is 8.37. The van der Waals surface area contributed by atoms with E-state index in [-0.39, 0.29) is 22.9 Å². The van der Waals surface area contributed by atoms with Crippen LogP contribution in [0.15, 0.2) is 77.7 Å². The van der Waals surface area contributed by atoms with Gasteiger partial charge in [0, 0.05) is 23.2 Å². The third kappa shape index (κ3) is 7.92. The Hall–Kier alpha value is -3.76. The Morgan fingerprint density at radius 3 is 2.17 bits per heavy atom. The molecule has 3 rings (SSSR count). The molecule has 3 aromatic carbocycles. The molecule has 0 bridgehead atoms. The highest BCUT2D eigenvalue weighted by Crippen LogP contribution is 2.36. The molecule has 3 aromatic rings. The Bertz CT molecular complexity index is 1480. The second-order valence-corrected chi connectivity index (χ2v) is 12.7. The zero-order chi connectivity index (χ0) is 30.4. The zero-order valence-corrected chi connectivity index (χ0v) is 25.6. The number of rotatable bonds is 11. The average Bonchev–Trinajstić information content (AvgIpc) is 2.94. The van der Waals surface area contributed by atoms with Gasteiger partial charge in [0.1, 0.15) is 24.1 Å². The van der Waals surface area contributed by atoms with Crippen molar-refractivity contribution in [3.05, 3.63) is 83.4 Å². The Kier molecular flexibility index (Phi) is 10.3. The summed E-state index contributed by atoms with van der Waals surface area (Å²) in [5.41, 5.74) is 0.157. The predicted molar refractivity (Wildman–Crippen MR) is 160 cm³/mol. The minimum Gasteiger partial charge on any atom is -0.497 e. The van der Waals surface area contributed by atoms with Gasteiger partial charge in [-0.05, 0) is 63.6 Å². The van der Waals surface area contributed by atoms with Crippen molar-refractivity contribution >= 4 is 39.1 Å². The fourth-order valence-corrected chi connectivity index (χ4v) is 5.72. The van der Waals surface area contributed by atoms with Crippen LogP contribution in [0.4, 0.5) is 5.69 Å². The molecule has 0 saturated carbocycles. The van der Waals surface area contributed by atoms with Gasteiger partial charge in [0.25, 0.3) is 10.0 Å². The highest BCUT2D eigenvalue weighted by molar-refractivity contribution is 7.92. The van der Waals surface area contributed by atoms with E-state index < -0.39 is 40.0 Å². The number of sulfonamides is 1. The lowest BCUT2D eigenvalue weighted by atomic mass is 10.1. The lowest BCUT2D eigenvalue weighted by Gasteiger charge is -2.34. The highest BCUT2D eigenvalue weighted by atomic mass is 35.5. The average molecular weight is 602 g/mol. The molecule has 0 aliphatic heterocycles.